The minimum Gasteiger partial charge on any atom is -0.494 e. The second kappa shape index (κ2) is 7.14. The third-order valence-corrected chi connectivity index (χ3v) is 3.37. The summed E-state index contributed by atoms with van der Waals surface area (Å²) in [4.78, 5) is 10.9. The van der Waals surface area contributed by atoms with Crippen molar-refractivity contribution in [3.05, 3.63) is 24.3 Å². The van der Waals surface area contributed by atoms with Gasteiger partial charge in [0.25, 0.3) is 0 Å². The largest absolute Gasteiger partial charge is 0.494 e. The van der Waals surface area contributed by atoms with Gasteiger partial charge in [-0.25, -0.2) is 0 Å². The summed E-state index contributed by atoms with van der Waals surface area (Å²) in [5.74, 6) is 1.55. The first-order valence-electron chi connectivity index (χ1n) is 6.95. The van der Waals surface area contributed by atoms with Gasteiger partial charge >= 0.3 is 0 Å². The zero-order chi connectivity index (χ0) is 13.5. The molecule has 1 aromatic rings. The number of amides is 1. The van der Waals surface area contributed by atoms with Gasteiger partial charge in [0.2, 0.25) is 5.91 Å². The summed E-state index contributed by atoms with van der Waals surface area (Å²) in [6.07, 6.45) is 3.67. The van der Waals surface area contributed by atoms with Crippen molar-refractivity contribution >= 4 is 11.6 Å². The highest BCUT2D eigenvalue weighted by Gasteiger charge is 2.12. The van der Waals surface area contributed by atoms with Crippen LogP contribution in [0.2, 0.25) is 0 Å². The van der Waals surface area contributed by atoms with Crippen LogP contribution in [-0.2, 0) is 4.79 Å². The maximum atomic E-state index is 10.9. The number of rotatable bonds is 5. The quantitative estimate of drug-likeness (QED) is 0.856. The topological polar surface area (TPSA) is 50.4 Å². The Morgan fingerprint density at radius 1 is 1.42 bits per heavy atom. The number of ether oxygens (including phenoxy) is 1. The van der Waals surface area contributed by atoms with E-state index < -0.39 is 0 Å². The van der Waals surface area contributed by atoms with Crippen molar-refractivity contribution in [1.29, 1.82) is 0 Å². The van der Waals surface area contributed by atoms with Crippen molar-refractivity contribution in [2.24, 2.45) is 5.92 Å². The summed E-state index contributed by atoms with van der Waals surface area (Å²) in [5, 5.41) is 6.15. The minimum absolute atomic E-state index is 0.0570. The molecule has 1 saturated heterocycles. The van der Waals surface area contributed by atoms with Gasteiger partial charge in [-0.1, -0.05) is 0 Å². The van der Waals surface area contributed by atoms with Gasteiger partial charge in [0, 0.05) is 12.6 Å². The van der Waals surface area contributed by atoms with E-state index in [1.54, 1.807) is 0 Å². The molecule has 1 heterocycles. The van der Waals surface area contributed by atoms with E-state index >= 15 is 0 Å². The molecule has 104 valence electrons. The second-order valence-corrected chi connectivity index (χ2v) is 5.06. The predicted octanol–water partition coefficient (Wildman–Crippen LogP) is 2.41. The van der Waals surface area contributed by atoms with E-state index in [-0.39, 0.29) is 5.91 Å². The van der Waals surface area contributed by atoms with Crippen LogP contribution in [-0.4, -0.2) is 25.6 Å². The first-order valence-corrected chi connectivity index (χ1v) is 6.95. The third-order valence-electron chi connectivity index (χ3n) is 3.37. The summed E-state index contributed by atoms with van der Waals surface area (Å²) in [5.41, 5.74) is 0.802. The van der Waals surface area contributed by atoms with Crippen molar-refractivity contribution in [3.63, 3.8) is 0 Å². The van der Waals surface area contributed by atoms with E-state index in [4.69, 9.17) is 4.74 Å². The SMILES string of the molecule is CC(=O)Nc1ccc(OCCC2CCCNC2)cc1. The van der Waals surface area contributed by atoms with E-state index in [0.717, 1.165) is 43.5 Å². The van der Waals surface area contributed by atoms with Gasteiger partial charge in [-0.2, -0.15) is 0 Å². The fourth-order valence-electron chi connectivity index (χ4n) is 2.35. The van der Waals surface area contributed by atoms with Crippen molar-refractivity contribution in [1.82, 2.24) is 5.32 Å². The van der Waals surface area contributed by atoms with E-state index in [2.05, 4.69) is 10.6 Å². The van der Waals surface area contributed by atoms with Gasteiger partial charge in [0.15, 0.2) is 0 Å². The summed E-state index contributed by atoms with van der Waals surface area (Å²) >= 11 is 0. The van der Waals surface area contributed by atoms with Crippen molar-refractivity contribution < 1.29 is 9.53 Å². The Morgan fingerprint density at radius 3 is 2.84 bits per heavy atom. The molecule has 1 unspecified atom stereocenters. The van der Waals surface area contributed by atoms with E-state index in [1.165, 1.54) is 19.8 Å². The Morgan fingerprint density at radius 2 is 2.21 bits per heavy atom. The molecule has 0 aliphatic carbocycles. The summed E-state index contributed by atoms with van der Waals surface area (Å²) in [6, 6.07) is 7.51. The fraction of sp³-hybridized carbons (Fsp3) is 0.533. The van der Waals surface area contributed by atoms with Gasteiger partial charge < -0.3 is 15.4 Å². The predicted molar refractivity (Wildman–Crippen MR) is 76.5 cm³/mol. The molecule has 1 fully saturated rings. The van der Waals surface area contributed by atoms with Gasteiger partial charge in [-0.15, -0.1) is 0 Å². The molecule has 1 amide bonds. The van der Waals surface area contributed by atoms with Crippen molar-refractivity contribution in [2.75, 3.05) is 25.0 Å². The lowest BCUT2D eigenvalue weighted by atomic mass is 9.97. The van der Waals surface area contributed by atoms with Gasteiger partial charge in [-0.05, 0) is 62.5 Å². The van der Waals surface area contributed by atoms with Crippen molar-refractivity contribution in [2.45, 2.75) is 26.2 Å². The molecule has 1 aromatic carbocycles. The number of hydrogen-bond donors (Lipinski definition) is 2. The monoisotopic (exact) mass is 262 g/mol. The number of hydrogen-bond acceptors (Lipinski definition) is 3. The highest BCUT2D eigenvalue weighted by molar-refractivity contribution is 5.88. The molecule has 2 rings (SSSR count). The smallest absolute Gasteiger partial charge is 0.221 e. The molecule has 0 radical (unpaired) electrons. The fourth-order valence-corrected chi connectivity index (χ4v) is 2.35. The number of benzene rings is 1. The summed E-state index contributed by atoms with van der Waals surface area (Å²) in [7, 11) is 0. The van der Waals surface area contributed by atoms with Crippen LogP contribution < -0.4 is 15.4 Å². The maximum absolute atomic E-state index is 10.9. The first-order chi connectivity index (χ1) is 9.24. The Balaban J connectivity index is 1.71. The van der Waals surface area contributed by atoms with Gasteiger partial charge in [0.05, 0.1) is 6.61 Å². The zero-order valence-electron chi connectivity index (χ0n) is 11.4. The van der Waals surface area contributed by atoms with Crippen molar-refractivity contribution in [3.8, 4) is 5.75 Å². The standard InChI is InChI=1S/C15H22N2O2/c1-12(18)17-14-4-6-15(7-5-14)19-10-8-13-3-2-9-16-11-13/h4-7,13,16H,2-3,8-11H2,1H3,(H,17,18). The Bertz CT molecular complexity index is 397. The average Bonchev–Trinajstić information content (AvgIpc) is 2.41. The van der Waals surface area contributed by atoms with Crippen LogP contribution in [0.1, 0.15) is 26.2 Å². The lowest BCUT2D eigenvalue weighted by molar-refractivity contribution is -0.114. The van der Waals surface area contributed by atoms with E-state index in [9.17, 15) is 4.79 Å². The summed E-state index contributed by atoms with van der Waals surface area (Å²) in [6.45, 7) is 4.53. The van der Waals surface area contributed by atoms with E-state index in [1.807, 2.05) is 24.3 Å². The highest BCUT2D eigenvalue weighted by Crippen LogP contribution is 2.18. The Hall–Kier alpha value is -1.55. The molecule has 0 aromatic heterocycles. The number of nitrogens with one attached hydrogen (secondary N) is 2. The van der Waals surface area contributed by atoms with Crippen LogP contribution in [0.5, 0.6) is 5.75 Å². The maximum Gasteiger partial charge on any atom is 0.221 e. The van der Waals surface area contributed by atoms with Crippen LogP contribution in [0.25, 0.3) is 0 Å². The molecule has 19 heavy (non-hydrogen) atoms. The molecular weight excluding hydrogens is 240 g/mol. The molecule has 4 nitrogen and oxygen atoms in total. The Kier molecular flexibility index (Phi) is 5.21. The van der Waals surface area contributed by atoms with E-state index in [0.29, 0.717) is 0 Å². The lowest BCUT2D eigenvalue weighted by Gasteiger charge is -2.22. The van der Waals surface area contributed by atoms with Crippen LogP contribution >= 0.6 is 0 Å². The molecule has 4 heteroatoms. The Labute approximate surface area is 114 Å². The van der Waals surface area contributed by atoms with Crippen LogP contribution in [0.4, 0.5) is 5.69 Å². The zero-order valence-corrected chi connectivity index (χ0v) is 11.4. The van der Waals surface area contributed by atoms with Crippen LogP contribution in [0.3, 0.4) is 0 Å². The number of anilines is 1. The molecule has 1 aliphatic heterocycles. The average molecular weight is 262 g/mol. The highest BCUT2D eigenvalue weighted by atomic mass is 16.5. The van der Waals surface area contributed by atoms with Gasteiger partial charge in [0.1, 0.15) is 5.75 Å². The van der Waals surface area contributed by atoms with Crippen LogP contribution in [0, 0.1) is 5.92 Å². The molecule has 0 saturated carbocycles. The normalized spacial score (nSPS) is 18.9. The minimum atomic E-state index is -0.0570. The number of carbonyl (C=O) groups excluding carboxylic acids is 1. The molecular formula is C15H22N2O2. The molecule has 1 atom stereocenters. The second-order valence-electron chi connectivity index (χ2n) is 5.06. The van der Waals surface area contributed by atoms with Gasteiger partial charge in [-0.3, -0.25) is 4.79 Å². The first kappa shape index (κ1) is 13.9. The lowest BCUT2D eigenvalue weighted by Crippen LogP contribution is -2.30. The molecule has 1 aliphatic rings. The molecule has 0 bridgehead atoms. The number of piperidine rings is 1. The van der Waals surface area contributed by atoms with Crippen LogP contribution in [0.15, 0.2) is 24.3 Å². The molecule has 2 N–H and O–H groups in total. The third kappa shape index (κ3) is 4.91. The summed E-state index contributed by atoms with van der Waals surface area (Å²) < 4.78 is 5.73. The number of carbonyl (C=O) groups is 1. The molecule has 0 spiro atoms.